The van der Waals surface area contributed by atoms with Gasteiger partial charge in [0.15, 0.2) is 6.10 Å². The van der Waals surface area contributed by atoms with E-state index in [1.54, 1.807) is 6.92 Å². The molecule has 1 unspecified atom stereocenters. The van der Waals surface area contributed by atoms with Gasteiger partial charge in [-0.25, -0.2) is 4.79 Å². The van der Waals surface area contributed by atoms with Crippen LogP contribution in [0.15, 0.2) is 0 Å². The van der Waals surface area contributed by atoms with E-state index in [1.165, 1.54) is 7.11 Å². The summed E-state index contributed by atoms with van der Waals surface area (Å²) in [6, 6.07) is -0.260. The average Bonchev–Trinajstić information content (AvgIpc) is 2.18. The average molecular weight is 258 g/mol. The Labute approximate surface area is 101 Å². The Bertz CT molecular complexity index is 181. The number of aliphatic hydroxyl groups excluding tert-OH is 1. The number of rotatable bonds is 8. The Kier molecular flexibility index (Phi) is 12.5. The number of nitrogens with two attached hydrogens (primary N) is 1. The quantitative estimate of drug-likeness (QED) is 0.560. The van der Waals surface area contributed by atoms with Crippen LogP contribution in [-0.4, -0.2) is 56.8 Å². The monoisotopic (exact) mass is 257 g/mol. The zero-order chi connectivity index (χ0) is 11.7. The lowest BCUT2D eigenvalue weighted by Crippen LogP contribution is -2.34. The number of aliphatic hydroxyl groups is 1. The van der Waals surface area contributed by atoms with E-state index in [0.717, 1.165) is 0 Å². The molecule has 0 aromatic heterocycles. The number of hydrogen-bond donors (Lipinski definition) is 2. The fourth-order valence-corrected chi connectivity index (χ4v) is 0.900. The van der Waals surface area contributed by atoms with E-state index in [4.69, 9.17) is 15.2 Å². The zero-order valence-corrected chi connectivity index (χ0v) is 10.4. The van der Waals surface area contributed by atoms with Gasteiger partial charge in [-0.15, -0.1) is 12.4 Å². The minimum Gasteiger partial charge on any atom is -0.464 e. The second-order valence-corrected chi connectivity index (χ2v) is 3.02. The third-order valence-electron chi connectivity index (χ3n) is 1.55. The van der Waals surface area contributed by atoms with Crippen LogP contribution in [0.2, 0.25) is 0 Å². The molecule has 0 rings (SSSR count). The summed E-state index contributed by atoms with van der Waals surface area (Å²) in [7, 11) is 1.54. The number of ether oxygens (including phenoxy) is 3. The fraction of sp³-hybridized carbons (Fsp3) is 0.889. The van der Waals surface area contributed by atoms with E-state index in [-0.39, 0.29) is 38.3 Å². The maximum absolute atomic E-state index is 10.9. The molecule has 0 aromatic rings. The van der Waals surface area contributed by atoms with Crippen LogP contribution in [0.25, 0.3) is 0 Å². The van der Waals surface area contributed by atoms with Gasteiger partial charge >= 0.3 is 5.97 Å². The summed E-state index contributed by atoms with van der Waals surface area (Å²) in [5.41, 5.74) is 5.56. The molecular weight excluding hydrogens is 238 g/mol. The van der Waals surface area contributed by atoms with Gasteiger partial charge in [0.05, 0.1) is 32.5 Å². The van der Waals surface area contributed by atoms with Gasteiger partial charge in [0, 0.05) is 7.11 Å². The van der Waals surface area contributed by atoms with E-state index in [2.05, 4.69) is 4.74 Å². The summed E-state index contributed by atoms with van der Waals surface area (Å²) in [6.45, 7) is 2.38. The van der Waals surface area contributed by atoms with E-state index in [1.807, 2.05) is 0 Å². The van der Waals surface area contributed by atoms with Crippen molar-refractivity contribution in [3.8, 4) is 0 Å². The molecule has 0 amide bonds. The molecule has 3 N–H and O–H groups in total. The molecule has 0 heterocycles. The highest BCUT2D eigenvalue weighted by atomic mass is 35.5. The molecule has 0 aliphatic carbocycles. The van der Waals surface area contributed by atoms with Gasteiger partial charge in [-0.2, -0.15) is 0 Å². The molecule has 0 spiro atoms. The Hall–Kier alpha value is -0.400. The molecule has 0 radical (unpaired) electrons. The Morgan fingerprint density at radius 3 is 2.50 bits per heavy atom. The van der Waals surface area contributed by atoms with Crippen molar-refractivity contribution in [2.75, 3.05) is 33.5 Å². The van der Waals surface area contributed by atoms with Crippen molar-refractivity contribution in [3.05, 3.63) is 0 Å². The van der Waals surface area contributed by atoms with Crippen molar-refractivity contribution < 1.29 is 24.1 Å². The van der Waals surface area contributed by atoms with Gasteiger partial charge < -0.3 is 25.1 Å². The van der Waals surface area contributed by atoms with Crippen LogP contribution >= 0.6 is 12.4 Å². The normalized spacial score (nSPS) is 13.8. The third kappa shape index (κ3) is 8.87. The van der Waals surface area contributed by atoms with Crippen LogP contribution < -0.4 is 5.73 Å². The predicted octanol–water partition coefficient (Wildman–Crippen LogP) is -0.677. The van der Waals surface area contributed by atoms with E-state index >= 15 is 0 Å². The van der Waals surface area contributed by atoms with Crippen molar-refractivity contribution in [3.63, 3.8) is 0 Å². The summed E-state index contributed by atoms with van der Waals surface area (Å²) in [4.78, 5) is 10.9. The highest BCUT2D eigenvalue weighted by Gasteiger charge is 2.16. The first-order valence-corrected chi connectivity index (χ1v) is 4.78. The van der Waals surface area contributed by atoms with Gasteiger partial charge in [-0.1, -0.05) is 0 Å². The lowest BCUT2D eigenvalue weighted by Gasteiger charge is -2.13. The molecule has 0 saturated heterocycles. The smallest absolute Gasteiger partial charge is 0.337 e. The number of methoxy groups -OCH3 is 1. The minimum absolute atomic E-state index is 0. The van der Waals surface area contributed by atoms with Gasteiger partial charge in [-0.3, -0.25) is 0 Å². The van der Waals surface area contributed by atoms with Crippen molar-refractivity contribution in [1.82, 2.24) is 0 Å². The molecular formula is C9H20ClNO5. The molecule has 0 fully saturated rings. The van der Waals surface area contributed by atoms with Gasteiger partial charge in [0.25, 0.3) is 0 Å². The predicted molar refractivity (Wildman–Crippen MR) is 60.6 cm³/mol. The van der Waals surface area contributed by atoms with Crippen LogP contribution in [-0.2, 0) is 19.0 Å². The van der Waals surface area contributed by atoms with Gasteiger partial charge in [-0.05, 0) is 6.92 Å². The molecule has 98 valence electrons. The van der Waals surface area contributed by atoms with Crippen LogP contribution in [0.1, 0.15) is 6.92 Å². The van der Waals surface area contributed by atoms with Crippen molar-refractivity contribution in [2.24, 2.45) is 5.73 Å². The van der Waals surface area contributed by atoms with Gasteiger partial charge in [0.1, 0.15) is 0 Å². The van der Waals surface area contributed by atoms with Crippen molar-refractivity contribution >= 4 is 18.4 Å². The highest BCUT2D eigenvalue weighted by Crippen LogP contribution is 1.92. The number of halogens is 1. The standard InChI is InChI=1S/C9H19NO5.ClH/c1-3-15-9(12)8(11)6-14-5-7(10)4-13-2;/h7-8,11H,3-6,10H2,1-2H3;1H/t7-,8?;/m0./s1. The molecule has 7 heteroatoms. The second-order valence-electron chi connectivity index (χ2n) is 3.02. The van der Waals surface area contributed by atoms with Crippen LogP contribution in [0.4, 0.5) is 0 Å². The van der Waals surface area contributed by atoms with Crippen LogP contribution in [0.3, 0.4) is 0 Å². The van der Waals surface area contributed by atoms with E-state index < -0.39 is 12.1 Å². The molecule has 0 saturated carbocycles. The molecule has 0 aromatic carbocycles. The summed E-state index contributed by atoms with van der Waals surface area (Å²) in [5.74, 6) is -0.683. The van der Waals surface area contributed by atoms with Crippen molar-refractivity contribution in [2.45, 2.75) is 19.1 Å². The topological polar surface area (TPSA) is 91.0 Å². The number of carbonyl (C=O) groups is 1. The summed E-state index contributed by atoms with van der Waals surface area (Å²) >= 11 is 0. The van der Waals surface area contributed by atoms with Crippen molar-refractivity contribution in [1.29, 1.82) is 0 Å². The van der Waals surface area contributed by atoms with E-state index in [9.17, 15) is 9.90 Å². The maximum atomic E-state index is 10.9. The molecule has 16 heavy (non-hydrogen) atoms. The highest BCUT2D eigenvalue weighted by molar-refractivity contribution is 5.85. The Balaban J connectivity index is 0. The number of carbonyl (C=O) groups excluding carboxylic acids is 1. The van der Waals surface area contributed by atoms with Crippen LogP contribution in [0, 0.1) is 0 Å². The number of esters is 1. The number of hydrogen-bond acceptors (Lipinski definition) is 6. The minimum atomic E-state index is -1.25. The molecule has 0 bridgehead atoms. The third-order valence-corrected chi connectivity index (χ3v) is 1.55. The van der Waals surface area contributed by atoms with Crippen LogP contribution in [0.5, 0.6) is 0 Å². The molecule has 0 aliphatic heterocycles. The SMILES string of the molecule is CCOC(=O)C(O)COC[C@@H](N)COC.Cl. The lowest BCUT2D eigenvalue weighted by atomic mass is 10.3. The van der Waals surface area contributed by atoms with E-state index in [0.29, 0.717) is 6.61 Å². The maximum Gasteiger partial charge on any atom is 0.337 e. The molecule has 2 atom stereocenters. The zero-order valence-electron chi connectivity index (χ0n) is 9.55. The fourth-order valence-electron chi connectivity index (χ4n) is 0.900. The first-order valence-electron chi connectivity index (χ1n) is 4.78. The molecule has 0 aliphatic rings. The Morgan fingerprint density at radius 1 is 1.38 bits per heavy atom. The second kappa shape index (κ2) is 11.1. The summed E-state index contributed by atoms with van der Waals surface area (Å²) in [6.07, 6.45) is -1.25. The first kappa shape index (κ1) is 18.0. The Morgan fingerprint density at radius 2 is 2.00 bits per heavy atom. The first-order chi connectivity index (χ1) is 7.11. The largest absolute Gasteiger partial charge is 0.464 e. The van der Waals surface area contributed by atoms with Gasteiger partial charge in [0.2, 0.25) is 0 Å². The summed E-state index contributed by atoms with van der Waals surface area (Å²) < 4.78 is 14.4. The lowest BCUT2D eigenvalue weighted by molar-refractivity contribution is -0.156. The molecule has 6 nitrogen and oxygen atoms in total. The summed E-state index contributed by atoms with van der Waals surface area (Å²) in [5, 5.41) is 9.22.